The van der Waals surface area contributed by atoms with Gasteiger partial charge in [-0.25, -0.2) is 0 Å². The largest absolute Gasteiger partial charge is 0.472 e. The van der Waals surface area contributed by atoms with Gasteiger partial charge in [-0.15, -0.1) is 0 Å². The third-order valence-corrected chi connectivity index (χ3v) is 5.71. The van der Waals surface area contributed by atoms with Crippen LogP contribution in [0, 0.1) is 0 Å². The van der Waals surface area contributed by atoms with Crippen LogP contribution in [-0.4, -0.2) is 24.5 Å². The number of benzene rings is 3. The molecule has 0 aliphatic carbocycles. The van der Waals surface area contributed by atoms with Crippen LogP contribution in [-0.2, 0) is 17.5 Å². The van der Waals surface area contributed by atoms with E-state index < -0.39 is 23.6 Å². The van der Waals surface area contributed by atoms with Crippen molar-refractivity contribution >= 4 is 40.7 Å². The fourth-order valence-corrected chi connectivity index (χ4v) is 3.75. The highest BCUT2D eigenvalue weighted by Crippen LogP contribution is 2.34. The molecule has 3 aromatic carbocycles. The van der Waals surface area contributed by atoms with Crippen LogP contribution in [0.1, 0.15) is 38.8 Å². The number of nitrogens with one attached hydrogen (secondary N) is 2. The van der Waals surface area contributed by atoms with Gasteiger partial charge in [-0.2, -0.15) is 13.2 Å². The van der Waals surface area contributed by atoms with E-state index in [0.29, 0.717) is 5.56 Å². The number of nitrogens with zero attached hydrogens (tertiary/aromatic N) is 1. The summed E-state index contributed by atoms with van der Waals surface area (Å²) in [6.45, 7) is 1.42. The number of anilines is 2. The van der Waals surface area contributed by atoms with Crippen molar-refractivity contribution in [1.82, 2.24) is 5.32 Å². The summed E-state index contributed by atoms with van der Waals surface area (Å²) < 4.78 is 44.2. The average Bonchev–Trinajstić information content (AvgIpc) is 2.83. The number of hydrogen-bond donors (Lipinski definition) is 2. The van der Waals surface area contributed by atoms with Crippen LogP contribution < -0.4 is 20.3 Å². The molecule has 0 spiro atoms. The van der Waals surface area contributed by atoms with Gasteiger partial charge in [0, 0.05) is 24.8 Å². The van der Waals surface area contributed by atoms with Crippen LogP contribution in [0.25, 0.3) is 0 Å². The molecule has 0 bridgehead atoms. The van der Waals surface area contributed by atoms with Crippen molar-refractivity contribution in [2.45, 2.75) is 19.6 Å². The molecule has 7 nitrogen and oxygen atoms in total. The normalized spacial score (nSPS) is 13.0. The smallest absolute Gasteiger partial charge is 0.416 e. The fraction of sp³-hybridized carbons (Fsp3) is 0.160. The minimum atomic E-state index is -4.49. The maximum Gasteiger partial charge on any atom is 0.416 e. The van der Waals surface area contributed by atoms with Crippen molar-refractivity contribution in [3.8, 4) is 5.75 Å². The molecular formula is C25H19ClF3N3O4. The monoisotopic (exact) mass is 517 g/mol. The first kappa shape index (κ1) is 25.1. The van der Waals surface area contributed by atoms with Crippen LogP contribution in [0.2, 0.25) is 5.02 Å². The lowest BCUT2D eigenvalue weighted by Crippen LogP contribution is -2.38. The minimum Gasteiger partial charge on any atom is -0.472 e. The Morgan fingerprint density at radius 2 is 1.78 bits per heavy atom. The fourth-order valence-electron chi connectivity index (χ4n) is 3.54. The Hall–Kier alpha value is -4.05. The van der Waals surface area contributed by atoms with Crippen molar-refractivity contribution in [2.24, 2.45) is 0 Å². The van der Waals surface area contributed by atoms with E-state index >= 15 is 0 Å². The topological polar surface area (TPSA) is 87.7 Å². The maximum atomic E-state index is 13.1. The molecule has 0 radical (unpaired) electrons. The molecule has 0 fully saturated rings. The highest BCUT2D eigenvalue weighted by atomic mass is 35.5. The Morgan fingerprint density at radius 1 is 1.06 bits per heavy atom. The Labute approximate surface area is 208 Å². The number of halogens is 4. The summed E-state index contributed by atoms with van der Waals surface area (Å²) in [5.41, 5.74) is 0.655. The first-order valence-corrected chi connectivity index (χ1v) is 11.0. The molecule has 3 aromatic rings. The van der Waals surface area contributed by atoms with E-state index in [1.54, 1.807) is 24.3 Å². The molecule has 186 valence electrons. The summed E-state index contributed by atoms with van der Waals surface area (Å²) in [5, 5.41) is 5.52. The quantitative estimate of drug-likeness (QED) is 0.484. The molecule has 1 heterocycles. The van der Waals surface area contributed by atoms with Gasteiger partial charge in [-0.05, 0) is 60.2 Å². The van der Waals surface area contributed by atoms with Crippen molar-refractivity contribution in [1.29, 1.82) is 0 Å². The zero-order valence-corrected chi connectivity index (χ0v) is 19.5. The molecule has 0 saturated heterocycles. The molecule has 1 aliphatic heterocycles. The standard InChI is InChI=1S/C25H19ClF3N3O4/c1-14(33)30-12-15-2-8-21(26)19(10-15)23(34)31-17-5-9-22-20(11-17)24(35)32(13-36-22)18-6-3-16(4-7-18)25(27,28)29/h2-11H,12-13H2,1H3,(H,30,33)(H,31,34). The molecule has 0 aromatic heterocycles. The van der Waals surface area contributed by atoms with E-state index in [1.165, 1.54) is 36.1 Å². The number of ether oxygens (including phenoxy) is 1. The Bertz CT molecular complexity index is 1340. The molecule has 0 unspecified atom stereocenters. The van der Waals surface area contributed by atoms with Crippen molar-refractivity contribution < 1.29 is 32.3 Å². The number of rotatable bonds is 5. The van der Waals surface area contributed by atoms with E-state index in [-0.39, 0.29) is 52.5 Å². The minimum absolute atomic E-state index is 0.129. The second-order valence-electron chi connectivity index (χ2n) is 7.94. The average molecular weight is 518 g/mol. The Kier molecular flexibility index (Phi) is 6.89. The molecule has 3 amide bonds. The highest BCUT2D eigenvalue weighted by molar-refractivity contribution is 6.34. The van der Waals surface area contributed by atoms with Gasteiger partial charge in [0.05, 0.1) is 21.7 Å². The van der Waals surface area contributed by atoms with Crippen LogP contribution >= 0.6 is 11.6 Å². The number of alkyl halides is 3. The van der Waals surface area contributed by atoms with E-state index in [0.717, 1.165) is 12.1 Å². The predicted molar refractivity (Wildman–Crippen MR) is 127 cm³/mol. The number of amides is 3. The summed E-state index contributed by atoms with van der Waals surface area (Å²) in [6.07, 6.45) is -4.49. The number of fused-ring (bicyclic) bond motifs is 1. The summed E-state index contributed by atoms with van der Waals surface area (Å²) in [4.78, 5) is 38.3. The van der Waals surface area contributed by atoms with Gasteiger partial charge in [0.15, 0.2) is 6.73 Å². The maximum absolute atomic E-state index is 13.1. The summed E-state index contributed by atoms with van der Waals surface area (Å²) in [7, 11) is 0. The van der Waals surface area contributed by atoms with Crippen molar-refractivity contribution in [2.75, 3.05) is 16.9 Å². The number of carbonyl (C=O) groups excluding carboxylic acids is 3. The van der Waals surface area contributed by atoms with E-state index in [2.05, 4.69) is 10.6 Å². The first-order chi connectivity index (χ1) is 17.0. The second kappa shape index (κ2) is 9.90. The molecule has 0 saturated carbocycles. The molecule has 4 rings (SSSR count). The van der Waals surface area contributed by atoms with Gasteiger partial charge in [0.25, 0.3) is 11.8 Å². The second-order valence-corrected chi connectivity index (χ2v) is 8.35. The third kappa shape index (κ3) is 5.44. The van der Waals surface area contributed by atoms with Gasteiger partial charge < -0.3 is 15.4 Å². The lowest BCUT2D eigenvalue weighted by Gasteiger charge is -2.29. The molecule has 36 heavy (non-hydrogen) atoms. The Balaban J connectivity index is 1.53. The van der Waals surface area contributed by atoms with Crippen LogP contribution in [0.15, 0.2) is 60.7 Å². The molecular weight excluding hydrogens is 499 g/mol. The van der Waals surface area contributed by atoms with Crippen molar-refractivity contribution in [3.05, 3.63) is 87.9 Å². The molecule has 1 aliphatic rings. The van der Waals surface area contributed by atoms with Crippen LogP contribution in [0.5, 0.6) is 5.75 Å². The van der Waals surface area contributed by atoms with Crippen molar-refractivity contribution in [3.63, 3.8) is 0 Å². The van der Waals surface area contributed by atoms with Crippen LogP contribution in [0.3, 0.4) is 0 Å². The summed E-state index contributed by atoms with van der Waals surface area (Å²) >= 11 is 6.19. The number of carbonyl (C=O) groups is 3. The zero-order valence-electron chi connectivity index (χ0n) is 18.8. The van der Waals surface area contributed by atoms with E-state index in [1.807, 2.05) is 0 Å². The molecule has 11 heteroatoms. The lowest BCUT2D eigenvalue weighted by molar-refractivity contribution is -0.137. The lowest BCUT2D eigenvalue weighted by atomic mass is 10.1. The first-order valence-electron chi connectivity index (χ1n) is 10.6. The van der Waals surface area contributed by atoms with Gasteiger partial charge in [-0.3, -0.25) is 19.3 Å². The van der Waals surface area contributed by atoms with Gasteiger partial charge in [0.1, 0.15) is 5.75 Å². The predicted octanol–water partition coefficient (Wildman–Crippen LogP) is 5.24. The third-order valence-electron chi connectivity index (χ3n) is 5.39. The summed E-state index contributed by atoms with van der Waals surface area (Å²) in [6, 6.07) is 13.4. The molecule has 0 atom stereocenters. The van der Waals surface area contributed by atoms with E-state index in [9.17, 15) is 27.6 Å². The highest BCUT2D eigenvalue weighted by Gasteiger charge is 2.32. The summed E-state index contributed by atoms with van der Waals surface area (Å²) in [5.74, 6) is -0.977. The van der Waals surface area contributed by atoms with E-state index in [4.69, 9.17) is 16.3 Å². The SMILES string of the molecule is CC(=O)NCc1ccc(Cl)c(C(=O)Nc2ccc3c(c2)C(=O)N(c2ccc(C(F)(F)F)cc2)CO3)c1. The van der Waals surface area contributed by atoms with Gasteiger partial charge in [-0.1, -0.05) is 17.7 Å². The molecule has 2 N–H and O–H groups in total. The van der Waals surface area contributed by atoms with Crippen LogP contribution in [0.4, 0.5) is 24.5 Å². The number of hydrogen-bond acceptors (Lipinski definition) is 4. The zero-order chi connectivity index (χ0) is 26.0. The van der Waals surface area contributed by atoms with Gasteiger partial charge >= 0.3 is 6.18 Å². The van der Waals surface area contributed by atoms with Gasteiger partial charge in [0.2, 0.25) is 5.91 Å². The Morgan fingerprint density at radius 3 is 2.44 bits per heavy atom.